The van der Waals surface area contributed by atoms with Gasteiger partial charge in [-0.3, -0.25) is 0 Å². The number of anilines is 3. The Labute approximate surface area is 332 Å². The SMILES string of the molecule is c1ccc(-c2c(-c3ccccc3)c3cc(-c4cccc(N(c5cccc6ccccc56)c5cc6ccccc6c6ccccc56)c4)ccc3c3ccccc23)cc1. The summed E-state index contributed by atoms with van der Waals surface area (Å²) in [5.41, 5.74) is 10.7. The van der Waals surface area contributed by atoms with Gasteiger partial charge in [-0.25, -0.2) is 0 Å². The third kappa shape index (κ3) is 5.55. The van der Waals surface area contributed by atoms with Crippen LogP contribution in [0.3, 0.4) is 0 Å². The summed E-state index contributed by atoms with van der Waals surface area (Å²) in [5.74, 6) is 0. The molecular weight excluding hydrogens is 687 g/mol. The Bertz CT molecular complexity index is 3290. The van der Waals surface area contributed by atoms with Crippen LogP contribution in [0.2, 0.25) is 0 Å². The zero-order valence-electron chi connectivity index (χ0n) is 31.3. The second-order valence-corrected chi connectivity index (χ2v) is 14.8. The summed E-state index contributed by atoms with van der Waals surface area (Å²) in [6.07, 6.45) is 0. The molecule has 0 aliphatic rings. The smallest absolute Gasteiger partial charge is 0.0546 e. The van der Waals surface area contributed by atoms with Gasteiger partial charge in [0.1, 0.15) is 0 Å². The Hall–Kier alpha value is -7.48. The molecule has 1 heteroatoms. The Morgan fingerprint density at radius 1 is 0.228 bits per heavy atom. The van der Waals surface area contributed by atoms with Gasteiger partial charge in [-0.05, 0) is 107 Å². The van der Waals surface area contributed by atoms with E-state index in [-0.39, 0.29) is 0 Å². The van der Waals surface area contributed by atoms with E-state index in [0.717, 1.165) is 22.6 Å². The first kappa shape index (κ1) is 32.9. The molecule has 0 unspecified atom stereocenters. The summed E-state index contributed by atoms with van der Waals surface area (Å²) in [4.78, 5) is 2.47. The van der Waals surface area contributed by atoms with Crippen molar-refractivity contribution >= 4 is 70.9 Å². The van der Waals surface area contributed by atoms with Gasteiger partial charge >= 0.3 is 0 Å². The summed E-state index contributed by atoms with van der Waals surface area (Å²) in [7, 11) is 0. The molecule has 0 saturated carbocycles. The van der Waals surface area contributed by atoms with Crippen molar-refractivity contribution in [3.05, 3.63) is 224 Å². The van der Waals surface area contributed by atoms with Crippen molar-refractivity contribution in [2.24, 2.45) is 0 Å². The molecule has 11 rings (SSSR count). The first-order valence-electron chi connectivity index (χ1n) is 19.7. The van der Waals surface area contributed by atoms with E-state index in [1.54, 1.807) is 0 Å². The Balaban J connectivity index is 1.18. The van der Waals surface area contributed by atoms with E-state index < -0.39 is 0 Å². The Morgan fingerprint density at radius 3 is 1.46 bits per heavy atom. The standard InChI is InChI=1S/C56H37N/c1-3-18-39(19-4-1)55-51-31-14-12-29-48(51)49-34-33-42(36-52(49)56(55)40-20-5-2-6-21-40)41-24-15-25-44(35-41)57(53-32-16-23-38-17-7-10-27-46(38)53)54-37-43-22-8-9-26-45(43)47-28-11-13-30-50(47)54/h1-37H. The van der Waals surface area contributed by atoms with Crippen molar-refractivity contribution in [3.63, 3.8) is 0 Å². The van der Waals surface area contributed by atoms with Gasteiger partial charge in [0.15, 0.2) is 0 Å². The highest BCUT2D eigenvalue weighted by atomic mass is 15.1. The molecule has 0 bridgehead atoms. The Morgan fingerprint density at radius 2 is 0.719 bits per heavy atom. The summed E-state index contributed by atoms with van der Waals surface area (Å²) in [5, 5.41) is 12.4. The van der Waals surface area contributed by atoms with Gasteiger partial charge in [0.2, 0.25) is 0 Å². The topological polar surface area (TPSA) is 3.24 Å². The first-order chi connectivity index (χ1) is 28.3. The highest BCUT2D eigenvalue weighted by Gasteiger charge is 2.21. The number of hydrogen-bond acceptors (Lipinski definition) is 1. The number of nitrogens with zero attached hydrogens (tertiary/aromatic N) is 1. The molecule has 57 heavy (non-hydrogen) atoms. The molecule has 0 N–H and O–H groups in total. The average molecular weight is 724 g/mol. The van der Waals surface area contributed by atoms with Gasteiger partial charge in [0.05, 0.1) is 11.4 Å². The number of fused-ring (bicyclic) bond motifs is 7. The minimum atomic E-state index is 1.11. The molecule has 0 saturated heterocycles. The van der Waals surface area contributed by atoms with Gasteiger partial charge < -0.3 is 4.90 Å². The fraction of sp³-hybridized carbons (Fsp3) is 0. The van der Waals surface area contributed by atoms with Crippen LogP contribution in [-0.2, 0) is 0 Å². The van der Waals surface area contributed by atoms with Crippen LogP contribution in [0.4, 0.5) is 17.1 Å². The maximum absolute atomic E-state index is 2.47. The number of hydrogen-bond donors (Lipinski definition) is 0. The van der Waals surface area contributed by atoms with Crippen LogP contribution < -0.4 is 4.90 Å². The number of rotatable bonds is 6. The predicted octanol–water partition coefficient (Wildman–Crippen LogP) is 15.9. The molecular formula is C56H37N. The minimum Gasteiger partial charge on any atom is -0.309 e. The molecule has 0 spiro atoms. The van der Waals surface area contributed by atoms with Crippen LogP contribution in [0.1, 0.15) is 0 Å². The Kier molecular flexibility index (Phi) is 7.89. The van der Waals surface area contributed by atoms with Gasteiger partial charge in [0.25, 0.3) is 0 Å². The van der Waals surface area contributed by atoms with Crippen molar-refractivity contribution in [3.8, 4) is 33.4 Å². The third-order valence-electron chi connectivity index (χ3n) is 11.6. The third-order valence-corrected chi connectivity index (χ3v) is 11.6. The van der Waals surface area contributed by atoms with E-state index in [0.29, 0.717) is 0 Å². The quantitative estimate of drug-likeness (QED) is 0.154. The van der Waals surface area contributed by atoms with Crippen molar-refractivity contribution in [1.29, 1.82) is 0 Å². The van der Waals surface area contributed by atoms with Crippen molar-refractivity contribution in [1.82, 2.24) is 0 Å². The molecule has 1 nitrogen and oxygen atoms in total. The largest absolute Gasteiger partial charge is 0.309 e. The molecule has 11 aromatic rings. The van der Waals surface area contributed by atoms with Crippen LogP contribution >= 0.6 is 0 Å². The van der Waals surface area contributed by atoms with Gasteiger partial charge in [-0.1, -0.05) is 194 Å². The first-order valence-corrected chi connectivity index (χ1v) is 19.7. The second-order valence-electron chi connectivity index (χ2n) is 14.8. The zero-order valence-corrected chi connectivity index (χ0v) is 31.3. The molecule has 0 aliphatic heterocycles. The lowest BCUT2D eigenvalue weighted by atomic mass is 9.84. The molecule has 0 aliphatic carbocycles. The monoisotopic (exact) mass is 723 g/mol. The molecule has 0 aromatic heterocycles. The summed E-state index contributed by atoms with van der Waals surface area (Å²) < 4.78 is 0. The normalized spacial score (nSPS) is 11.5. The highest BCUT2D eigenvalue weighted by molar-refractivity contribution is 6.22. The predicted molar refractivity (Wildman–Crippen MR) is 245 cm³/mol. The van der Waals surface area contributed by atoms with E-state index in [9.17, 15) is 0 Å². The molecule has 266 valence electrons. The molecule has 0 radical (unpaired) electrons. The molecule has 11 aromatic carbocycles. The lowest BCUT2D eigenvalue weighted by Gasteiger charge is -2.29. The van der Waals surface area contributed by atoms with Gasteiger partial charge in [0, 0.05) is 16.5 Å². The van der Waals surface area contributed by atoms with Crippen molar-refractivity contribution in [2.75, 3.05) is 4.90 Å². The zero-order chi connectivity index (χ0) is 37.7. The molecule has 0 fully saturated rings. The average Bonchev–Trinajstić information content (AvgIpc) is 3.29. The fourth-order valence-corrected chi connectivity index (χ4v) is 9.04. The number of benzene rings is 11. The summed E-state index contributed by atoms with van der Waals surface area (Å²) in [6.45, 7) is 0. The second kappa shape index (κ2) is 13.7. The van der Waals surface area contributed by atoms with Gasteiger partial charge in [-0.15, -0.1) is 0 Å². The highest BCUT2D eigenvalue weighted by Crippen LogP contribution is 2.47. The van der Waals surface area contributed by atoms with Crippen LogP contribution in [0.25, 0.3) is 87.2 Å². The molecule has 0 atom stereocenters. The van der Waals surface area contributed by atoms with E-state index in [2.05, 4.69) is 229 Å². The lowest BCUT2D eigenvalue weighted by Crippen LogP contribution is -2.11. The molecule has 0 amide bonds. The van der Waals surface area contributed by atoms with Crippen molar-refractivity contribution in [2.45, 2.75) is 0 Å². The van der Waals surface area contributed by atoms with Gasteiger partial charge in [-0.2, -0.15) is 0 Å². The van der Waals surface area contributed by atoms with Crippen LogP contribution in [0.5, 0.6) is 0 Å². The minimum absolute atomic E-state index is 1.11. The van der Waals surface area contributed by atoms with E-state index in [4.69, 9.17) is 0 Å². The van der Waals surface area contributed by atoms with Crippen LogP contribution in [0.15, 0.2) is 224 Å². The van der Waals surface area contributed by atoms with E-state index >= 15 is 0 Å². The van der Waals surface area contributed by atoms with Crippen molar-refractivity contribution < 1.29 is 0 Å². The fourth-order valence-electron chi connectivity index (χ4n) is 9.04. The van der Waals surface area contributed by atoms with E-state index in [1.165, 1.54) is 81.7 Å². The van der Waals surface area contributed by atoms with Crippen LogP contribution in [0, 0.1) is 0 Å². The summed E-state index contributed by atoms with van der Waals surface area (Å²) >= 11 is 0. The summed E-state index contributed by atoms with van der Waals surface area (Å²) in [6, 6.07) is 82.1. The van der Waals surface area contributed by atoms with Crippen LogP contribution in [-0.4, -0.2) is 0 Å². The van der Waals surface area contributed by atoms with E-state index in [1.807, 2.05) is 0 Å². The lowest BCUT2D eigenvalue weighted by molar-refractivity contribution is 1.32. The maximum Gasteiger partial charge on any atom is 0.0546 e. The molecule has 0 heterocycles. The maximum atomic E-state index is 2.47.